The van der Waals surface area contributed by atoms with E-state index in [-0.39, 0.29) is 11.8 Å². The monoisotopic (exact) mass is 575 g/mol. The van der Waals surface area contributed by atoms with Crippen LogP contribution in [-0.4, -0.2) is 102 Å². The lowest BCUT2D eigenvalue weighted by molar-refractivity contribution is -0.135. The van der Waals surface area contributed by atoms with Crippen LogP contribution in [0, 0.1) is 11.8 Å². The summed E-state index contributed by atoms with van der Waals surface area (Å²) in [6.07, 6.45) is 8.79. The zero-order valence-corrected chi connectivity index (χ0v) is 25.0. The third-order valence-electron chi connectivity index (χ3n) is 6.34. The molecule has 0 bridgehead atoms. The molecule has 0 saturated heterocycles. The van der Waals surface area contributed by atoms with Gasteiger partial charge in [0, 0.05) is 64.0 Å². The van der Waals surface area contributed by atoms with Gasteiger partial charge in [-0.3, -0.25) is 14.7 Å². The fraction of sp³-hybridized carbons (Fsp3) is 0.433. The highest BCUT2D eigenvalue weighted by molar-refractivity contribution is 5.92. The highest BCUT2D eigenvalue weighted by Gasteiger charge is 2.20. The van der Waals surface area contributed by atoms with Crippen LogP contribution < -0.4 is 16.0 Å². The first-order valence-corrected chi connectivity index (χ1v) is 13.9. The lowest BCUT2D eigenvalue weighted by Crippen LogP contribution is -2.45. The number of likely N-dealkylation sites (N-methyl/N-ethyl adjacent to an activating group) is 2. The average molecular weight is 576 g/mol. The summed E-state index contributed by atoms with van der Waals surface area (Å²) in [6, 6.07) is 5.28. The van der Waals surface area contributed by atoms with Crippen molar-refractivity contribution in [2.75, 3.05) is 65.1 Å². The van der Waals surface area contributed by atoms with E-state index >= 15 is 0 Å². The minimum atomic E-state index is -0.579. The Morgan fingerprint density at radius 2 is 2.00 bits per heavy atom. The van der Waals surface area contributed by atoms with Crippen LogP contribution in [0.2, 0.25) is 0 Å². The number of H-pyrrole nitrogens is 1. The molecule has 0 spiro atoms. The molecule has 12 nitrogen and oxygen atoms in total. The van der Waals surface area contributed by atoms with Crippen molar-refractivity contribution >= 4 is 40.2 Å². The second-order valence-corrected chi connectivity index (χ2v) is 10.0. The maximum atomic E-state index is 12.5. The summed E-state index contributed by atoms with van der Waals surface area (Å²) >= 11 is 0. The van der Waals surface area contributed by atoms with Gasteiger partial charge in [0.15, 0.2) is 0 Å². The van der Waals surface area contributed by atoms with Gasteiger partial charge in [0.1, 0.15) is 11.9 Å². The number of methoxy groups -OCH3 is 1. The molecule has 0 aliphatic carbocycles. The number of amides is 2. The maximum Gasteiger partial charge on any atom is 0.246 e. The van der Waals surface area contributed by atoms with Crippen LogP contribution in [0.15, 0.2) is 42.7 Å². The number of carbonyl (C=O) groups is 2. The number of aromatic amines is 1. The predicted molar refractivity (Wildman–Crippen MR) is 165 cm³/mol. The second kappa shape index (κ2) is 16.7. The fourth-order valence-electron chi connectivity index (χ4n) is 3.78. The van der Waals surface area contributed by atoms with Crippen molar-refractivity contribution in [3.63, 3.8) is 0 Å². The summed E-state index contributed by atoms with van der Waals surface area (Å²) in [5.74, 6) is 6.97. The molecule has 0 unspecified atom stereocenters. The van der Waals surface area contributed by atoms with Gasteiger partial charge in [0.2, 0.25) is 17.8 Å². The normalized spacial score (nSPS) is 11.8. The Labute approximate surface area is 247 Å². The number of ether oxygens (including phenoxy) is 1. The minimum absolute atomic E-state index is 0.203. The second-order valence-electron chi connectivity index (χ2n) is 10.0. The van der Waals surface area contributed by atoms with Gasteiger partial charge < -0.3 is 30.5 Å². The zero-order chi connectivity index (χ0) is 30.3. The number of carbonyl (C=O) groups excluding carboxylic acids is 2. The third-order valence-corrected chi connectivity index (χ3v) is 6.34. The Balaban J connectivity index is 1.53. The van der Waals surface area contributed by atoms with E-state index in [1.54, 1.807) is 39.6 Å². The number of nitrogens with zero attached hydrogens (tertiary/aromatic N) is 5. The van der Waals surface area contributed by atoms with E-state index < -0.39 is 6.04 Å². The molecule has 1 atom stereocenters. The lowest BCUT2D eigenvalue weighted by atomic mass is 10.2. The fourth-order valence-corrected chi connectivity index (χ4v) is 3.78. The Hall–Kier alpha value is -4.47. The van der Waals surface area contributed by atoms with E-state index in [2.05, 4.69) is 48.0 Å². The molecule has 0 fully saturated rings. The molecule has 3 rings (SSSR count). The Kier molecular flexibility index (Phi) is 12.8. The van der Waals surface area contributed by atoms with Gasteiger partial charge in [-0.15, -0.1) is 0 Å². The Morgan fingerprint density at radius 1 is 1.17 bits per heavy atom. The van der Waals surface area contributed by atoms with Crippen LogP contribution in [0.4, 0.5) is 17.5 Å². The summed E-state index contributed by atoms with van der Waals surface area (Å²) in [7, 11) is 7.14. The number of anilines is 3. The zero-order valence-electron chi connectivity index (χ0n) is 25.0. The van der Waals surface area contributed by atoms with Crippen molar-refractivity contribution in [3.05, 3.63) is 48.3 Å². The van der Waals surface area contributed by atoms with Crippen LogP contribution >= 0.6 is 0 Å². The first-order chi connectivity index (χ1) is 20.3. The maximum absolute atomic E-state index is 12.5. The van der Waals surface area contributed by atoms with Crippen molar-refractivity contribution in [3.8, 4) is 11.8 Å². The summed E-state index contributed by atoms with van der Waals surface area (Å²) in [5, 5.41) is 17.5. The van der Waals surface area contributed by atoms with Gasteiger partial charge in [0.05, 0.1) is 23.5 Å². The molecule has 4 N–H and O–H groups in total. The van der Waals surface area contributed by atoms with Gasteiger partial charge in [-0.05, 0) is 52.1 Å². The number of fused-ring (bicyclic) bond motifs is 1. The van der Waals surface area contributed by atoms with Crippen LogP contribution in [-0.2, 0) is 14.3 Å². The van der Waals surface area contributed by atoms with Gasteiger partial charge >= 0.3 is 0 Å². The standard InChI is InChI=1S/C30H41N9O3/c1-22(39(4)27(40)12-9-17-38(2)3)29(41)32-15-8-6-7-11-24-20-33-30(36-28(24)31-16-10-18-42-5)35-25-14-13-23-21-34-37-26(23)19-25/h9,12-14,19-22H,6,8,10,15-18H2,1-5H3,(H,32,41)(H,34,37)(H2,31,33,35,36)/t22-/m0/s1. The van der Waals surface area contributed by atoms with Crippen molar-refractivity contribution < 1.29 is 14.3 Å². The molecular formula is C30H41N9O3. The number of hydrogen-bond donors (Lipinski definition) is 4. The Morgan fingerprint density at radius 3 is 2.79 bits per heavy atom. The summed E-state index contributed by atoms with van der Waals surface area (Å²) in [6.45, 7) is 4.13. The van der Waals surface area contributed by atoms with Gasteiger partial charge in [-0.1, -0.05) is 17.9 Å². The summed E-state index contributed by atoms with van der Waals surface area (Å²) < 4.78 is 5.15. The van der Waals surface area contributed by atoms with E-state index in [1.165, 1.54) is 11.0 Å². The van der Waals surface area contributed by atoms with Crippen LogP contribution in [0.1, 0.15) is 31.7 Å². The average Bonchev–Trinajstić information content (AvgIpc) is 3.44. The first-order valence-electron chi connectivity index (χ1n) is 13.9. The smallest absolute Gasteiger partial charge is 0.246 e. The number of benzene rings is 1. The number of aromatic nitrogens is 4. The summed E-state index contributed by atoms with van der Waals surface area (Å²) in [5.41, 5.74) is 2.44. The highest BCUT2D eigenvalue weighted by atomic mass is 16.5. The van der Waals surface area contributed by atoms with Crippen LogP contribution in [0.5, 0.6) is 0 Å². The van der Waals surface area contributed by atoms with E-state index in [4.69, 9.17) is 4.74 Å². The lowest BCUT2D eigenvalue weighted by Gasteiger charge is -2.23. The molecule has 0 aliphatic heterocycles. The predicted octanol–water partition coefficient (Wildman–Crippen LogP) is 2.76. The molecule has 42 heavy (non-hydrogen) atoms. The SMILES string of the molecule is COCCCNc1nc(Nc2ccc3cn[nH]c3c2)ncc1C#CCCCNC(=O)[C@H](C)N(C)C(=O)C=CCN(C)C. The molecule has 2 amide bonds. The number of rotatable bonds is 15. The van der Waals surface area contributed by atoms with Gasteiger partial charge in [-0.2, -0.15) is 10.1 Å². The summed E-state index contributed by atoms with van der Waals surface area (Å²) in [4.78, 5) is 37.3. The number of unbranched alkanes of at least 4 members (excludes halogenated alkanes) is 1. The highest BCUT2D eigenvalue weighted by Crippen LogP contribution is 2.21. The molecule has 0 aliphatic rings. The molecular weight excluding hydrogens is 534 g/mol. The Bertz CT molecular complexity index is 1410. The molecule has 3 aromatic rings. The van der Waals surface area contributed by atoms with E-state index in [1.807, 2.05) is 37.2 Å². The van der Waals surface area contributed by atoms with Crippen molar-refractivity contribution in [2.45, 2.75) is 32.2 Å². The number of nitrogens with one attached hydrogen (secondary N) is 4. The topological polar surface area (TPSA) is 140 Å². The largest absolute Gasteiger partial charge is 0.385 e. The number of hydrogen-bond acceptors (Lipinski definition) is 9. The molecule has 0 radical (unpaired) electrons. The van der Waals surface area contributed by atoms with Crippen molar-refractivity contribution in [1.29, 1.82) is 0 Å². The first kappa shape index (κ1) is 32.0. The van der Waals surface area contributed by atoms with Gasteiger partial charge in [-0.25, -0.2) is 4.98 Å². The minimum Gasteiger partial charge on any atom is -0.385 e. The molecule has 1 aromatic carbocycles. The van der Waals surface area contributed by atoms with E-state index in [0.717, 1.165) is 23.0 Å². The molecule has 224 valence electrons. The van der Waals surface area contributed by atoms with Crippen LogP contribution in [0.3, 0.4) is 0 Å². The van der Waals surface area contributed by atoms with Crippen molar-refractivity contribution in [1.82, 2.24) is 35.3 Å². The third kappa shape index (κ3) is 10.2. The van der Waals surface area contributed by atoms with E-state index in [0.29, 0.717) is 56.4 Å². The molecule has 2 heterocycles. The van der Waals surface area contributed by atoms with Crippen LogP contribution in [0.25, 0.3) is 10.9 Å². The van der Waals surface area contributed by atoms with E-state index in [9.17, 15) is 9.59 Å². The molecule has 0 saturated carbocycles. The van der Waals surface area contributed by atoms with Gasteiger partial charge in [0.25, 0.3) is 0 Å². The quantitative estimate of drug-likeness (QED) is 0.122. The molecule has 12 heteroatoms. The molecule has 2 aromatic heterocycles. The van der Waals surface area contributed by atoms with Crippen molar-refractivity contribution in [2.24, 2.45) is 0 Å².